The maximum atomic E-state index is 12.7. The maximum Gasteiger partial charge on any atom is 0.306 e. The largest absolute Gasteiger partial charge is 0.462 e. The van der Waals surface area contributed by atoms with E-state index in [1.54, 1.807) is 5.57 Å². The van der Waals surface area contributed by atoms with Gasteiger partial charge in [-0.3, -0.25) is 4.79 Å². The van der Waals surface area contributed by atoms with Gasteiger partial charge in [-0.2, -0.15) is 0 Å². The van der Waals surface area contributed by atoms with E-state index in [9.17, 15) is 4.79 Å². The molecule has 0 aromatic heterocycles. The van der Waals surface area contributed by atoms with Crippen LogP contribution in [0.5, 0.6) is 0 Å². The molecule has 41 heavy (non-hydrogen) atoms. The summed E-state index contributed by atoms with van der Waals surface area (Å²) in [7, 11) is 0. The molecule has 3 saturated carbocycles. The summed E-state index contributed by atoms with van der Waals surface area (Å²) in [5.41, 5.74) is 2.54. The fourth-order valence-corrected chi connectivity index (χ4v) is 10.6. The number of fused-ring (bicyclic) bond motifs is 5. The van der Waals surface area contributed by atoms with Gasteiger partial charge < -0.3 is 4.74 Å². The molecule has 0 spiro atoms. The van der Waals surface area contributed by atoms with Crippen molar-refractivity contribution in [1.82, 2.24) is 0 Å². The van der Waals surface area contributed by atoms with E-state index in [-0.39, 0.29) is 12.1 Å². The third-order valence-corrected chi connectivity index (χ3v) is 13.0. The van der Waals surface area contributed by atoms with Gasteiger partial charge in [-0.15, -0.1) is 0 Å². The summed E-state index contributed by atoms with van der Waals surface area (Å²) in [4.78, 5) is 12.7. The zero-order valence-electron chi connectivity index (χ0n) is 28.3. The Hall–Kier alpha value is -0.790. The quantitative estimate of drug-likeness (QED) is 0.105. The van der Waals surface area contributed by atoms with E-state index in [1.807, 2.05) is 0 Å². The number of hydrogen-bond donors (Lipinski definition) is 0. The van der Waals surface area contributed by atoms with Crippen molar-refractivity contribution in [3.8, 4) is 0 Å². The second kappa shape index (κ2) is 15.3. The van der Waals surface area contributed by atoms with Gasteiger partial charge in [0.05, 0.1) is 0 Å². The highest BCUT2D eigenvalue weighted by molar-refractivity contribution is 5.69. The Bertz CT molecular complexity index is 843. The summed E-state index contributed by atoms with van der Waals surface area (Å²) in [5.74, 6) is 5.34. The topological polar surface area (TPSA) is 26.3 Å². The number of allylic oxidation sites excluding steroid dienone is 1. The van der Waals surface area contributed by atoms with E-state index in [1.165, 1.54) is 109 Å². The van der Waals surface area contributed by atoms with Gasteiger partial charge in [-0.25, -0.2) is 0 Å². The second-order valence-electron chi connectivity index (χ2n) is 16.2. The van der Waals surface area contributed by atoms with E-state index < -0.39 is 0 Å². The zero-order valence-corrected chi connectivity index (χ0v) is 28.3. The summed E-state index contributed by atoms with van der Waals surface area (Å²) in [6.07, 6.45) is 29.6. The first-order valence-corrected chi connectivity index (χ1v) is 18.6. The van der Waals surface area contributed by atoms with Crippen molar-refractivity contribution in [2.45, 2.75) is 182 Å². The molecule has 0 saturated heterocycles. The molecule has 2 nitrogen and oxygen atoms in total. The van der Waals surface area contributed by atoms with Crippen LogP contribution in [-0.2, 0) is 9.53 Å². The average Bonchev–Trinajstić information content (AvgIpc) is 3.29. The molecular weight excluding hydrogens is 500 g/mol. The fourth-order valence-electron chi connectivity index (χ4n) is 10.6. The second-order valence-corrected chi connectivity index (χ2v) is 16.2. The Labute approximate surface area is 255 Å². The maximum absolute atomic E-state index is 12.7. The molecule has 0 N–H and O–H groups in total. The Morgan fingerprint density at radius 1 is 0.854 bits per heavy atom. The van der Waals surface area contributed by atoms with E-state index in [0.29, 0.717) is 17.3 Å². The van der Waals surface area contributed by atoms with Crippen molar-refractivity contribution in [1.29, 1.82) is 0 Å². The van der Waals surface area contributed by atoms with Crippen LogP contribution < -0.4 is 0 Å². The minimum absolute atomic E-state index is 0.0591. The summed E-state index contributed by atoms with van der Waals surface area (Å²) in [6, 6.07) is 0. The first-order valence-electron chi connectivity index (χ1n) is 18.6. The van der Waals surface area contributed by atoms with Crippen molar-refractivity contribution in [2.75, 3.05) is 0 Å². The van der Waals surface area contributed by atoms with Crippen LogP contribution in [0.1, 0.15) is 176 Å². The van der Waals surface area contributed by atoms with Crippen molar-refractivity contribution in [2.24, 2.45) is 46.3 Å². The molecular formula is C39H68O2. The van der Waals surface area contributed by atoms with Gasteiger partial charge >= 0.3 is 5.97 Å². The average molecular weight is 569 g/mol. The van der Waals surface area contributed by atoms with Crippen molar-refractivity contribution in [3.63, 3.8) is 0 Å². The van der Waals surface area contributed by atoms with Crippen LogP contribution in [0.4, 0.5) is 0 Å². The van der Waals surface area contributed by atoms with E-state index in [2.05, 4.69) is 47.6 Å². The third-order valence-electron chi connectivity index (χ3n) is 13.0. The van der Waals surface area contributed by atoms with Crippen LogP contribution in [0.2, 0.25) is 0 Å². The van der Waals surface area contributed by atoms with Gasteiger partial charge in [0, 0.05) is 12.8 Å². The minimum atomic E-state index is 0.0591. The first kappa shape index (κ1) is 33.1. The fraction of sp³-hybridized carbons (Fsp3) is 0.923. The van der Waals surface area contributed by atoms with Crippen molar-refractivity contribution in [3.05, 3.63) is 11.6 Å². The van der Waals surface area contributed by atoms with E-state index >= 15 is 0 Å². The number of rotatable bonds is 16. The van der Waals surface area contributed by atoms with Crippen molar-refractivity contribution >= 4 is 5.97 Å². The molecule has 0 aromatic rings. The standard InChI is InChI=1S/C39H68O2/c1-7-8-9-10-11-12-13-14-15-19-37(40)41-32-24-26-38(5)31(28-32)20-21-33-35-23-22-34(30(4)18-16-17-29(2)3)39(35,6)27-25-36(33)38/h20,29-30,32-36H,7-19,21-28H2,1-6H3/t30-,32-,33+,34-,35-,36-,38+,39-/m1/s1. The Morgan fingerprint density at radius 2 is 1.56 bits per heavy atom. The monoisotopic (exact) mass is 569 g/mol. The highest BCUT2D eigenvalue weighted by Gasteiger charge is 2.59. The van der Waals surface area contributed by atoms with Crippen molar-refractivity contribution < 1.29 is 9.53 Å². The minimum Gasteiger partial charge on any atom is -0.462 e. The number of carbonyl (C=O) groups excluding carboxylic acids is 1. The molecule has 4 aliphatic rings. The van der Waals surface area contributed by atoms with Crippen LogP contribution in [-0.4, -0.2) is 12.1 Å². The van der Waals surface area contributed by atoms with Crippen LogP contribution in [0.15, 0.2) is 11.6 Å². The van der Waals surface area contributed by atoms with Gasteiger partial charge in [0.1, 0.15) is 6.10 Å². The zero-order chi connectivity index (χ0) is 29.5. The predicted molar refractivity (Wildman–Crippen MR) is 175 cm³/mol. The Morgan fingerprint density at radius 3 is 2.27 bits per heavy atom. The molecule has 0 heterocycles. The first-order chi connectivity index (χ1) is 19.7. The molecule has 0 amide bonds. The van der Waals surface area contributed by atoms with Crippen LogP contribution in [0.3, 0.4) is 0 Å². The van der Waals surface area contributed by atoms with E-state index in [0.717, 1.165) is 54.8 Å². The number of hydrogen-bond acceptors (Lipinski definition) is 2. The number of ether oxygens (including phenoxy) is 1. The van der Waals surface area contributed by atoms with Gasteiger partial charge in [0.15, 0.2) is 0 Å². The molecule has 3 fully saturated rings. The molecule has 236 valence electrons. The SMILES string of the molecule is CCCCCCCCCCCC(=O)O[C@@H]1CC[C@@]2(C)C(=CC[C@H]3[C@H]4CC[C@H]([C@H](C)CCCC(C)C)[C@@]4(C)CC[C@H]32)C1. The molecule has 0 unspecified atom stereocenters. The number of unbranched alkanes of at least 4 members (excludes halogenated alkanes) is 8. The predicted octanol–water partition coefficient (Wildman–Crippen LogP) is 11.9. The normalized spacial score (nSPS) is 35.4. The highest BCUT2D eigenvalue weighted by atomic mass is 16.5. The molecule has 0 aliphatic heterocycles. The molecule has 4 aliphatic carbocycles. The van der Waals surface area contributed by atoms with Gasteiger partial charge in [-0.1, -0.05) is 124 Å². The number of esters is 1. The van der Waals surface area contributed by atoms with Crippen LogP contribution in [0, 0.1) is 46.3 Å². The van der Waals surface area contributed by atoms with E-state index in [4.69, 9.17) is 4.74 Å². The van der Waals surface area contributed by atoms with Crippen LogP contribution >= 0.6 is 0 Å². The molecule has 0 aromatic carbocycles. The number of carbonyl (C=O) groups is 1. The van der Waals surface area contributed by atoms with Gasteiger partial charge in [0.25, 0.3) is 0 Å². The lowest BCUT2D eigenvalue weighted by Gasteiger charge is -2.58. The summed E-state index contributed by atoms with van der Waals surface area (Å²) in [6.45, 7) is 14.9. The van der Waals surface area contributed by atoms with Gasteiger partial charge in [-0.05, 0) is 97.7 Å². The molecule has 4 rings (SSSR count). The lowest BCUT2D eigenvalue weighted by atomic mass is 9.47. The lowest BCUT2D eigenvalue weighted by Crippen LogP contribution is -2.51. The highest BCUT2D eigenvalue weighted by Crippen LogP contribution is 2.67. The molecule has 8 atom stereocenters. The molecule has 2 heteroatoms. The summed E-state index contributed by atoms with van der Waals surface area (Å²) < 4.78 is 6.09. The Balaban J connectivity index is 1.24. The Kier molecular flexibility index (Phi) is 12.3. The smallest absolute Gasteiger partial charge is 0.306 e. The lowest BCUT2D eigenvalue weighted by molar-refractivity contribution is -0.151. The third kappa shape index (κ3) is 8.03. The molecule has 0 radical (unpaired) electrons. The summed E-state index contributed by atoms with van der Waals surface area (Å²) >= 11 is 0. The van der Waals surface area contributed by atoms with Gasteiger partial charge in [0.2, 0.25) is 0 Å². The van der Waals surface area contributed by atoms with Crippen LogP contribution in [0.25, 0.3) is 0 Å². The summed E-state index contributed by atoms with van der Waals surface area (Å²) in [5, 5.41) is 0. The molecule has 0 bridgehead atoms.